The van der Waals surface area contributed by atoms with Gasteiger partial charge in [-0.05, 0) is 6.92 Å². The minimum absolute atomic E-state index is 0.243. The highest BCUT2D eigenvalue weighted by Crippen LogP contribution is 2.11. The normalized spacial score (nSPS) is 12.3. The van der Waals surface area contributed by atoms with Crippen molar-refractivity contribution in [1.82, 2.24) is 9.88 Å². The topological polar surface area (TPSA) is 84.0 Å². The second-order valence-electron chi connectivity index (χ2n) is 3.99. The second-order valence-corrected chi connectivity index (χ2v) is 4.94. The van der Waals surface area contributed by atoms with Gasteiger partial charge in [0.1, 0.15) is 10.8 Å². The summed E-state index contributed by atoms with van der Waals surface area (Å²) in [6.07, 6.45) is 0.532. The van der Waals surface area contributed by atoms with Crippen molar-refractivity contribution in [2.75, 3.05) is 26.8 Å². The van der Waals surface area contributed by atoms with E-state index in [9.17, 15) is 0 Å². The van der Waals surface area contributed by atoms with Crippen molar-refractivity contribution in [2.45, 2.75) is 19.9 Å². The number of nitrogens with two attached hydrogens (primary N) is 1. The number of amidine groups is 1. The van der Waals surface area contributed by atoms with Gasteiger partial charge in [-0.1, -0.05) is 5.16 Å². The molecule has 0 amide bonds. The minimum Gasteiger partial charge on any atom is -0.409 e. The number of rotatable bonds is 8. The lowest BCUT2D eigenvalue weighted by Crippen LogP contribution is -2.30. The van der Waals surface area contributed by atoms with E-state index in [1.54, 1.807) is 18.4 Å². The van der Waals surface area contributed by atoms with Crippen molar-refractivity contribution in [2.24, 2.45) is 10.9 Å². The first-order valence-electron chi connectivity index (χ1n) is 5.74. The first-order chi connectivity index (χ1) is 8.65. The maximum Gasteiger partial charge on any atom is 0.140 e. The van der Waals surface area contributed by atoms with Crippen LogP contribution in [0.25, 0.3) is 0 Å². The summed E-state index contributed by atoms with van der Waals surface area (Å²) in [6.45, 7) is 4.92. The molecule has 0 spiro atoms. The van der Waals surface area contributed by atoms with E-state index in [0.717, 1.165) is 30.3 Å². The predicted molar refractivity (Wildman–Crippen MR) is 72.0 cm³/mol. The maximum absolute atomic E-state index is 8.53. The summed E-state index contributed by atoms with van der Waals surface area (Å²) in [6, 6.07) is 0. The molecular weight excluding hydrogens is 252 g/mol. The Bertz CT molecular complexity index is 381. The van der Waals surface area contributed by atoms with Crippen molar-refractivity contribution in [3.63, 3.8) is 0 Å². The molecule has 0 radical (unpaired) electrons. The Kier molecular flexibility index (Phi) is 6.63. The first kappa shape index (κ1) is 14.9. The van der Waals surface area contributed by atoms with Crippen LogP contribution in [0.3, 0.4) is 0 Å². The van der Waals surface area contributed by atoms with Crippen LogP contribution in [0.1, 0.15) is 17.1 Å². The van der Waals surface area contributed by atoms with Crippen molar-refractivity contribution in [1.29, 1.82) is 0 Å². The highest BCUT2D eigenvalue weighted by Gasteiger charge is 2.09. The Balaban J connectivity index is 2.49. The van der Waals surface area contributed by atoms with Crippen LogP contribution >= 0.6 is 11.3 Å². The third-order valence-corrected chi connectivity index (χ3v) is 3.40. The van der Waals surface area contributed by atoms with Crippen molar-refractivity contribution >= 4 is 17.2 Å². The number of oxime groups is 1. The average molecular weight is 272 g/mol. The van der Waals surface area contributed by atoms with Crippen molar-refractivity contribution in [3.8, 4) is 0 Å². The molecule has 0 aliphatic carbocycles. The molecular formula is C11H20N4O2S. The third-order valence-electron chi connectivity index (χ3n) is 2.45. The van der Waals surface area contributed by atoms with Gasteiger partial charge in [0.25, 0.3) is 0 Å². The minimum atomic E-state index is 0.243. The van der Waals surface area contributed by atoms with Crippen LogP contribution < -0.4 is 5.73 Å². The summed E-state index contributed by atoms with van der Waals surface area (Å²) in [5.41, 5.74) is 6.52. The van der Waals surface area contributed by atoms with Crippen LogP contribution in [0, 0.1) is 6.92 Å². The van der Waals surface area contributed by atoms with Gasteiger partial charge >= 0.3 is 0 Å². The Labute approximate surface area is 111 Å². The fourth-order valence-electron chi connectivity index (χ4n) is 1.48. The lowest BCUT2D eigenvalue weighted by Gasteiger charge is -2.20. The number of hydrogen-bond acceptors (Lipinski definition) is 6. The van der Waals surface area contributed by atoms with E-state index in [4.69, 9.17) is 15.7 Å². The molecule has 0 saturated heterocycles. The zero-order chi connectivity index (χ0) is 13.4. The van der Waals surface area contributed by atoms with Gasteiger partial charge in [-0.15, -0.1) is 11.3 Å². The molecule has 6 nitrogen and oxygen atoms in total. The molecule has 0 aliphatic rings. The number of methoxy groups -OCH3 is 1. The summed E-state index contributed by atoms with van der Waals surface area (Å²) >= 11 is 1.65. The highest BCUT2D eigenvalue weighted by atomic mass is 32.1. The molecule has 0 unspecified atom stereocenters. The Morgan fingerprint density at radius 1 is 1.61 bits per heavy atom. The van der Waals surface area contributed by atoms with Crippen LogP contribution in [0.4, 0.5) is 0 Å². The number of thiazole rings is 1. The molecule has 7 heteroatoms. The standard InChI is InChI=1S/C11H20N4O2S/c1-9-8-18-11(13-9)7-15(5-6-17-2)4-3-10(12)14-16/h8,16H,3-7H2,1-2H3,(H2,12,14). The molecule has 0 saturated carbocycles. The third kappa shape index (κ3) is 5.44. The second kappa shape index (κ2) is 8.02. The molecule has 1 rings (SSSR count). The predicted octanol–water partition coefficient (Wildman–Crippen LogP) is 1.04. The van der Waals surface area contributed by atoms with Gasteiger partial charge in [-0.2, -0.15) is 0 Å². The SMILES string of the molecule is COCCN(CCC(N)=NO)Cc1nc(C)cs1. The number of aryl methyl sites for hydroxylation is 1. The van der Waals surface area contributed by atoms with Gasteiger partial charge in [0.05, 0.1) is 13.2 Å². The zero-order valence-corrected chi connectivity index (χ0v) is 11.6. The largest absolute Gasteiger partial charge is 0.409 e. The summed E-state index contributed by atoms with van der Waals surface area (Å²) in [7, 11) is 1.68. The van der Waals surface area contributed by atoms with Gasteiger partial charge in [0.2, 0.25) is 0 Å². The van der Waals surface area contributed by atoms with Crippen LogP contribution in [0.15, 0.2) is 10.5 Å². The molecule has 0 aliphatic heterocycles. The number of nitrogens with zero attached hydrogens (tertiary/aromatic N) is 3. The Morgan fingerprint density at radius 2 is 2.39 bits per heavy atom. The molecule has 102 valence electrons. The molecule has 18 heavy (non-hydrogen) atoms. The lowest BCUT2D eigenvalue weighted by atomic mass is 10.3. The van der Waals surface area contributed by atoms with Gasteiger partial charge in [-0.3, -0.25) is 4.90 Å². The van der Waals surface area contributed by atoms with E-state index in [1.807, 2.05) is 12.3 Å². The fourth-order valence-corrected chi connectivity index (χ4v) is 2.29. The summed E-state index contributed by atoms with van der Waals surface area (Å²) in [4.78, 5) is 6.61. The molecule has 0 aromatic carbocycles. The van der Waals surface area contributed by atoms with E-state index in [1.165, 1.54) is 0 Å². The monoisotopic (exact) mass is 272 g/mol. The quantitative estimate of drug-likeness (QED) is 0.320. The van der Waals surface area contributed by atoms with E-state index in [0.29, 0.717) is 13.0 Å². The first-order valence-corrected chi connectivity index (χ1v) is 6.62. The summed E-state index contributed by atoms with van der Waals surface area (Å²) < 4.78 is 5.08. The molecule has 1 aromatic rings. The molecule has 1 heterocycles. The van der Waals surface area contributed by atoms with Crippen LogP contribution in [-0.2, 0) is 11.3 Å². The Morgan fingerprint density at radius 3 is 2.94 bits per heavy atom. The van der Waals surface area contributed by atoms with Gasteiger partial charge in [0, 0.05) is 37.7 Å². The van der Waals surface area contributed by atoms with Gasteiger partial charge in [-0.25, -0.2) is 4.98 Å². The summed E-state index contributed by atoms with van der Waals surface area (Å²) in [5.74, 6) is 0.243. The fraction of sp³-hybridized carbons (Fsp3) is 0.636. The van der Waals surface area contributed by atoms with E-state index >= 15 is 0 Å². The molecule has 0 bridgehead atoms. The smallest absolute Gasteiger partial charge is 0.140 e. The molecule has 0 fully saturated rings. The van der Waals surface area contributed by atoms with Gasteiger partial charge < -0.3 is 15.7 Å². The lowest BCUT2D eigenvalue weighted by molar-refractivity contribution is 0.145. The van der Waals surface area contributed by atoms with Crippen LogP contribution in [0.2, 0.25) is 0 Å². The average Bonchev–Trinajstić information content (AvgIpc) is 2.77. The number of ether oxygens (including phenoxy) is 1. The van der Waals surface area contributed by atoms with Crippen LogP contribution in [-0.4, -0.2) is 47.7 Å². The van der Waals surface area contributed by atoms with Crippen molar-refractivity contribution in [3.05, 3.63) is 16.1 Å². The van der Waals surface area contributed by atoms with E-state index < -0.39 is 0 Å². The zero-order valence-electron chi connectivity index (χ0n) is 10.8. The van der Waals surface area contributed by atoms with E-state index in [-0.39, 0.29) is 5.84 Å². The highest BCUT2D eigenvalue weighted by molar-refractivity contribution is 7.09. The maximum atomic E-state index is 8.53. The molecule has 3 N–H and O–H groups in total. The van der Waals surface area contributed by atoms with Crippen molar-refractivity contribution < 1.29 is 9.94 Å². The summed E-state index contributed by atoms with van der Waals surface area (Å²) in [5, 5.41) is 14.6. The molecule has 0 atom stereocenters. The van der Waals surface area contributed by atoms with Gasteiger partial charge in [0.15, 0.2) is 0 Å². The number of hydrogen-bond donors (Lipinski definition) is 2. The Hall–Kier alpha value is -1.18. The van der Waals surface area contributed by atoms with E-state index in [2.05, 4.69) is 15.0 Å². The number of aromatic nitrogens is 1. The van der Waals surface area contributed by atoms with Crippen LogP contribution in [0.5, 0.6) is 0 Å². The molecule has 1 aromatic heterocycles.